The average molecular weight is 261 g/mol. The van der Waals surface area contributed by atoms with Gasteiger partial charge in [0.2, 0.25) is 0 Å². The molecule has 5 aliphatic rings. The zero-order chi connectivity index (χ0) is 12.9. The van der Waals surface area contributed by atoms with Crippen LogP contribution < -0.4 is 5.73 Å². The Morgan fingerprint density at radius 3 is 1.89 bits per heavy atom. The second-order valence-corrected chi connectivity index (χ2v) is 8.56. The highest BCUT2D eigenvalue weighted by atomic mass is 14.6. The minimum absolute atomic E-state index is 0.554. The Bertz CT molecular complexity index is 301. The SMILES string of the molecule is NCC1(CC2C3CC4CC(C3)CC2C4)CCCCC1. The van der Waals surface area contributed by atoms with Crippen LogP contribution in [0.5, 0.6) is 0 Å². The van der Waals surface area contributed by atoms with Crippen LogP contribution in [-0.4, -0.2) is 6.54 Å². The first-order valence-electron chi connectivity index (χ1n) is 8.98. The second kappa shape index (κ2) is 4.76. The predicted octanol–water partition coefficient (Wildman–Crippen LogP) is 4.36. The molecule has 5 rings (SSSR count). The third kappa shape index (κ3) is 2.17. The molecular weight excluding hydrogens is 230 g/mol. The Hall–Kier alpha value is -0.0400. The summed E-state index contributed by atoms with van der Waals surface area (Å²) in [4.78, 5) is 0. The first-order valence-corrected chi connectivity index (χ1v) is 8.98. The first kappa shape index (κ1) is 12.7. The maximum Gasteiger partial charge on any atom is -0.00204 e. The molecule has 0 amide bonds. The Labute approximate surface area is 118 Å². The molecule has 4 bridgehead atoms. The van der Waals surface area contributed by atoms with Crippen LogP contribution in [0, 0.1) is 35.0 Å². The van der Waals surface area contributed by atoms with E-state index in [2.05, 4.69) is 0 Å². The fourth-order valence-corrected chi connectivity index (χ4v) is 6.66. The smallest absolute Gasteiger partial charge is 0.00204 e. The van der Waals surface area contributed by atoms with Crippen molar-refractivity contribution < 1.29 is 0 Å². The van der Waals surface area contributed by atoms with Crippen LogP contribution in [0.25, 0.3) is 0 Å². The van der Waals surface area contributed by atoms with Crippen LogP contribution in [0.4, 0.5) is 0 Å². The van der Waals surface area contributed by atoms with Crippen LogP contribution in [0.1, 0.15) is 70.6 Å². The quantitative estimate of drug-likeness (QED) is 0.802. The monoisotopic (exact) mass is 261 g/mol. The molecule has 0 aromatic heterocycles. The first-order chi connectivity index (χ1) is 9.28. The molecular formula is C18H31N. The summed E-state index contributed by atoms with van der Waals surface area (Å²) in [6.07, 6.45) is 16.6. The van der Waals surface area contributed by atoms with E-state index >= 15 is 0 Å². The Morgan fingerprint density at radius 2 is 1.37 bits per heavy atom. The summed E-state index contributed by atoms with van der Waals surface area (Å²) >= 11 is 0. The number of hydrogen-bond donors (Lipinski definition) is 1. The van der Waals surface area contributed by atoms with Crippen LogP contribution in [0.15, 0.2) is 0 Å². The van der Waals surface area contributed by atoms with E-state index in [1.54, 1.807) is 32.1 Å². The molecule has 0 spiro atoms. The minimum atomic E-state index is 0.554. The predicted molar refractivity (Wildman–Crippen MR) is 79.7 cm³/mol. The number of rotatable bonds is 3. The standard InChI is InChI=1S/C18H31N/c19-12-18(4-2-1-3-5-18)11-17-15-7-13-6-14(9-15)10-16(17)8-13/h13-17H,1-12,19H2. The van der Waals surface area contributed by atoms with E-state index in [0.29, 0.717) is 5.41 Å². The molecule has 0 aliphatic heterocycles. The number of nitrogens with two attached hydrogens (primary N) is 1. The van der Waals surface area contributed by atoms with E-state index in [9.17, 15) is 0 Å². The summed E-state index contributed by atoms with van der Waals surface area (Å²) in [6.45, 7) is 0.968. The van der Waals surface area contributed by atoms with E-state index in [-0.39, 0.29) is 0 Å². The zero-order valence-corrected chi connectivity index (χ0v) is 12.4. The molecule has 1 nitrogen and oxygen atoms in total. The van der Waals surface area contributed by atoms with Crippen LogP contribution in [-0.2, 0) is 0 Å². The Balaban J connectivity index is 1.50. The van der Waals surface area contributed by atoms with Crippen molar-refractivity contribution >= 4 is 0 Å². The normalized spacial score (nSPS) is 47.5. The highest BCUT2D eigenvalue weighted by molar-refractivity contribution is 5.00. The van der Waals surface area contributed by atoms with Gasteiger partial charge in [-0.3, -0.25) is 0 Å². The van der Waals surface area contributed by atoms with Crippen LogP contribution in [0.3, 0.4) is 0 Å². The molecule has 5 fully saturated rings. The Morgan fingerprint density at radius 1 is 0.789 bits per heavy atom. The molecule has 5 saturated carbocycles. The lowest BCUT2D eigenvalue weighted by molar-refractivity contribution is -0.0595. The molecule has 19 heavy (non-hydrogen) atoms. The van der Waals surface area contributed by atoms with Crippen molar-refractivity contribution in [1.29, 1.82) is 0 Å². The van der Waals surface area contributed by atoms with Gasteiger partial charge in [-0.2, -0.15) is 0 Å². The summed E-state index contributed by atoms with van der Waals surface area (Å²) < 4.78 is 0. The van der Waals surface area contributed by atoms with E-state index in [1.807, 2.05) is 0 Å². The summed E-state index contributed by atoms with van der Waals surface area (Å²) in [6, 6.07) is 0. The van der Waals surface area contributed by atoms with Gasteiger partial charge in [0.25, 0.3) is 0 Å². The Kier molecular flexibility index (Phi) is 3.17. The average Bonchev–Trinajstić information content (AvgIpc) is 2.43. The highest BCUT2D eigenvalue weighted by Crippen LogP contribution is 2.59. The number of hydrogen-bond acceptors (Lipinski definition) is 1. The van der Waals surface area contributed by atoms with Crippen molar-refractivity contribution in [2.24, 2.45) is 40.7 Å². The van der Waals surface area contributed by atoms with Crippen molar-refractivity contribution in [1.82, 2.24) is 0 Å². The lowest BCUT2D eigenvalue weighted by Crippen LogP contribution is -2.48. The van der Waals surface area contributed by atoms with Gasteiger partial charge in [0, 0.05) is 0 Å². The molecule has 0 radical (unpaired) electrons. The largest absolute Gasteiger partial charge is 0.330 e. The molecule has 108 valence electrons. The molecule has 0 aromatic rings. The van der Waals surface area contributed by atoms with Gasteiger partial charge in [0.15, 0.2) is 0 Å². The summed E-state index contributed by atoms with van der Waals surface area (Å²) in [5.74, 6) is 5.51. The van der Waals surface area contributed by atoms with E-state index in [4.69, 9.17) is 5.73 Å². The highest BCUT2D eigenvalue weighted by Gasteiger charge is 2.50. The third-order valence-electron chi connectivity index (χ3n) is 7.44. The zero-order valence-electron chi connectivity index (χ0n) is 12.4. The molecule has 0 heterocycles. The molecule has 0 saturated heterocycles. The lowest BCUT2D eigenvalue weighted by atomic mass is 9.49. The van der Waals surface area contributed by atoms with E-state index < -0.39 is 0 Å². The van der Waals surface area contributed by atoms with Crippen molar-refractivity contribution in [3.8, 4) is 0 Å². The molecule has 5 aliphatic carbocycles. The third-order valence-corrected chi connectivity index (χ3v) is 7.44. The van der Waals surface area contributed by atoms with Gasteiger partial charge in [-0.1, -0.05) is 19.3 Å². The van der Waals surface area contributed by atoms with Crippen LogP contribution in [0.2, 0.25) is 0 Å². The minimum Gasteiger partial charge on any atom is -0.330 e. The maximum absolute atomic E-state index is 6.24. The van der Waals surface area contributed by atoms with Gasteiger partial charge in [-0.15, -0.1) is 0 Å². The molecule has 1 heteroatoms. The van der Waals surface area contributed by atoms with Gasteiger partial charge in [-0.25, -0.2) is 0 Å². The molecule has 2 N–H and O–H groups in total. The van der Waals surface area contributed by atoms with Crippen molar-refractivity contribution in [3.63, 3.8) is 0 Å². The molecule has 0 atom stereocenters. The van der Waals surface area contributed by atoms with Crippen molar-refractivity contribution in [2.75, 3.05) is 6.54 Å². The van der Waals surface area contributed by atoms with Gasteiger partial charge < -0.3 is 5.73 Å². The molecule has 0 unspecified atom stereocenters. The van der Waals surface area contributed by atoms with Crippen molar-refractivity contribution in [3.05, 3.63) is 0 Å². The van der Waals surface area contributed by atoms with Crippen LogP contribution >= 0.6 is 0 Å². The van der Waals surface area contributed by atoms with Gasteiger partial charge >= 0.3 is 0 Å². The molecule has 0 aromatic carbocycles. The second-order valence-electron chi connectivity index (χ2n) is 8.56. The fourth-order valence-electron chi connectivity index (χ4n) is 6.66. The van der Waals surface area contributed by atoms with Crippen molar-refractivity contribution in [2.45, 2.75) is 70.6 Å². The van der Waals surface area contributed by atoms with E-state index in [1.165, 1.54) is 38.5 Å². The van der Waals surface area contributed by atoms with E-state index in [0.717, 1.165) is 36.1 Å². The summed E-state index contributed by atoms with van der Waals surface area (Å²) in [5, 5.41) is 0. The van der Waals surface area contributed by atoms with Gasteiger partial charge in [-0.05, 0) is 92.9 Å². The lowest BCUT2D eigenvalue weighted by Gasteiger charge is -2.56. The van der Waals surface area contributed by atoms with Gasteiger partial charge in [0.05, 0.1) is 0 Å². The van der Waals surface area contributed by atoms with Gasteiger partial charge in [0.1, 0.15) is 0 Å². The summed E-state index contributed by atoms with van der Waals surface area (Å²) in [5.41, 5.74) is 6.80. The fraction of sp³-hybridized carbons (Fsp3) is 1.00. The summed E-state index contributed by atoms with van der Waals surface area (Å²) in [7, 11) is 0. The maximum atomic E-state index is 6.24. The topological polar surface area (TPSA) is 26.0 Å².